The van der Waals surface area contributed by atoms with E-state index in [1.165, 1.54) is 25.7 Å². The van der Waals surface area contributed by atoms with Crippen LogP contribution in [-0.2, 0) is 9.53 Å². The molecule has 0 rings (SSSR count). The van der Waals surface area contributed by atoms with Gasteiger partial charge in [0.2, 0.25) is 0 Å². The van der Waals surface area contributed by atoms with Gasteiger partial charge in [-0.15, -0.1) is 0 Å². The molecular formula is C12H27NaO4. The van der Waals surface area contributed by atoms with Crippen LogP contribution in [0.4, 0.5) is 0 Å². The summed E-state index contributed by atoms with van der Waals surface area (Å²) in [6, 6.07) is 0. The Kier molecular flexibility index (Phi) is 28.7. The van der Waals surface area contributed by atoms with E-state index in [2.05, 4.69) is 6.92 Å². The van der Waals surface area contributed by atoms with Crippen molar-refractivity contribution in [2.75, 3.05) is 19.8 Å². The molecule has 0 aliphatic carbocycles. The minimum atomic E-state index is -0.883. The molecule has 0 saturated carbocycles. The maximum atomic E-state index is 10.0. The number of carboxylic acids is 1. The average molecular weight is 258 g/mol. The number of aliphatic carboxylic acids is 1. The number of aliphatic hydroxyl groups excluding tert-OH is 1. The first kappa shape index (κ1) is 22.6. The van der Waals surface area contributed by atoms with Gasteiger partial charge in [-0.2, -0.15) is 0 Å². The number of hydrogen-bond acceptors (Lipinski definition) is 3. The Morgan fingerprint density at radius 1 is 1.12 bits per heavy atom. The number of carboxylic acid groups (broad SMARTS) is 1. The summed E-state index contributed by atoms with van der Waals surface area (Å²) in [6.07, 6.45) is 7.22. The van der Waals surface area contributed by atoms with Crippen LogP contribution in [0.15, 0.2) is 0 Å². The molecule has 0 bridgehead atoms. The second-order valence-electron chi connectivity index (χ2n) is 3.53. The second kappa shape index (κ2) is 21.7. The number of carbonyl (C=O) groups is 1. The maximum absolute atomic E-state index is 10.0. The van der Waals surface area contributed by atoms with Gasteiger partial charge in [0.25, 0.3) is 0 Å². The van der Waals surface area contributed by atoms with Crippen LogP contribution in [0.2, 0.25) is 0 Å². The predicted molar refractivity (Wildman–Crippen MR) is 65.7 cm³/mol. The fourth-order valence-electron chi connectivity index (χ4n) is 1.14. The van der Waals surface area contributed by atoms with Crippen LogP contribution < -0.4 is 29.6 Å². The van der Waals surface area contributed by atoms with Crippen LogP contribution in [0, 0.1) is 0 Å². The van der Waals surface area contributed by atoms with E-state index >= 15 is 0 Å². The maximum Gasteiger partial charge on any atom is 1.00 e. The molecule has 0 spiro atoms. The van der Waals surface area contributed by atoms with Crippen molar-refractivity contribution in [1.82, 2.24) is 0 Å². The Bertz CT molecular complexity index is 148. The van der Waals surface area contributed by atoms with Crippen LogP contribution in [0.3, 0.4) is 0 Å². The van der Waals surface area contributed by atoms with E-state index in [4.69, 9.17) is 14.9 Å². The minimum absolute atomic E-state index is 0. The predicted octanol–water partition coefficient (Wildman–Crippen LogP) is -0.437. The molecule has 0 aliphatic heterocycles. The zero-order chi connectivity index (χ0) is 12.6. The SMILES string of the molecule is CCCCCCCCOCC(=O)O.CCO.[H-].[Na+]. The summed E-state index contributed by atoms with van der Waals surface area (Å²) in [5, 5.41) is 15.8. The van der Waals surface area contributed by atoms with Gasteiger partial charge in [0.15, 0.2) is 0 Å². The van der Waals surface area contributed by atoms with Crippen LogP contribution >= 0.6 is 0 Å². The van der Waals surface area contributed by atoms with Crippen LogP contribution in [0.1, 0.15) is 53.8 Å². The molecule has 0 heterocycles. The molecule has 0 radical (unpaired) electrons. The van der Waals surface area contributed by atoms with E-state index < -0.39 is 5.97 Å². The smallest absolute Gasteiger partial charge is 1.00 e. The molecule has 0 aliphatic rings. The number of ether oxygens (including phenoxy) is 1. The summed E-state index contributed by atoms with van der Waals surface area (Å²) >= 11 is 0. The average Bonchev–Trinajstić information content (AvgIpc) is 2.23. The van der Waals surface area contributed by atoms with Gasteiger partial charge in [0.1, 0.15) is 6.61 Å². The number of hydrogen-bond donors (Lipinski definition) is 2. The van der Waals surface area contributed by atoms with E-state index in [1.54, 1.807) is 6.92 Å². The van der Waals surface area contributed by atoms with Crippen molar-refractivity contribution in [2.45, 2.75) is 52.4 Å². The third-order valence-corrected chi connectivity index (χ3v) is 1.87. The molecule has 100 valence electrons. The summed E-state index contributed by atoms with van der Waals surface area (Å²) in [4.78, 5) is 10.0. The van der Waals surface area contributed by atoms with Gasteiger partial charge in [0, 0.05) is 13.2 Å². The molecular weight excluding hydrogens is 231 g/mol. The van der Waals surface area contributed by atoms with E-state index in [1.807, 2.05) is 0 Å². The summed E-state index contributed by atoms with van der Waals surface area (Å²) in [7, 11) is 0. The Morgan fingerprint density at radius 3 is 2.06 bits per heavy atom. The minimum Gasteiger partial charge on any atom is -1.00 e. The summed E-state index contributed by atoms with van der Waals surface area (Å²) in [6.45, 7) is 4.54. The van der Waals surface area contributed by atoms with Gasteiger partial charge in [0.05, 0.1) is 0 Å². The van der Waals surface area contributed by atoms with Crippen LogP contribution in [-0.4, -0.2) is 36.0 Å². The molecule has 0 aromatic heterocycles. The van der Waals surface area contributed by atoms with Crippen molar-refractivity contribution in [3.63, 3.8) is 0 Å². The molecule has 0 fully saturated rings. The van der Waals surface area contributed by atoms with Crippen molar-refractivity contribution < 1.29 is 50.7 Å². The Morgan fingerprint density at radius 2 is 1.59 bits per heavy atom. The molecule has 0 unspecified atom stereocenters. The van der Waals surface area contributed by atoms with Gasteiger partial charge < -0.3 is 16.4 Å². The van der Waals surface area contributed by atoms with E-state index in [-0.39, 0.29) is 44.2 Å². The molecule has 0 saturated heterocycles. The van der Waals surface area contributed by atoms with Gasteiger partial charge in [-0.1, -0.05) is 39.0 Å². The van der Waals surface area contributed by atoms with Crippen molar-refractivity contribution in [3.05, 3.63) is 0 Å². The molecule has 0 aromatic carbocycles. The monoisotopic (exact) mass is 258 g/mol. The van der Waals surface area contributed by atoms with E-state index in [0.29, 0.717) is 6.61 Å². The van der Waals surface area contributed by atoms with Crippen molar-refractivity contribution in [2.24, 2.45) is 0 Å². The first-order valence-electron chi connectivity index (χ1n) is 6.09. The van der Waals surface area contributed by atoms with Crippen LogP contribution in [0.5, 0.6) is 0 Å². The summed E-state index contributed by atoms with van der Waals surface area (Å²) < 4.78 is 4.90. The number of aliphatic hydroxyl groups is 1. The van der Waals surface area contributed by atoms with Crippen molar-refractivity contribution in [3.8, 4) is 0 Å². The molecule has 17 heavy (non-hydrogen) atoms. The Labute approximate surface area is 129 Å². The van der Waals surface area contributed by atoms with Crippen molar-refractivity contribution >= 4 is 5.97 Å². The number of rotatable bonds is 9. The largest absolute Gasteiger partial charge is 1.00 e. The molecule has 0 amide bonds. The van der Waals surface area contributed by atoms with E-state index in [0.717, 1.165) is 12.8 Å². The third kappa shape index (κ3) is 31.4. The summed E-state index contributed by atoms with van der Waals surface area (Å²) in [5.41, 5.74) is 0. The van der Waals surface area contributed by atoms with Gasteiger partial charge in [-0.3, -0.25) is 0 Å². The molecule has 0 aromatic rings. The first-order chi connectivity index (χ1) is 7.68. The fourth-order valence-corrected chi connectivity index (χ4v) is 1.14. The van der Waals surface area contributed by atoms with Gasteiger partial charge in [-0.05, 0) is 13.3 Å². The second-order valence-corrected chi connectivity index (χ2v) is 3.53. The quantitative estimate of drug-likeness (QED) is 0.435. The van der Waals surface area contributed by atoms with Crippen molar-refractivity contribution in [1.29, 1.82) is 0 Å². The topological polar surface area (TPSA) is 66.8 Å². The first-order valence-corrected chi connectivity index (χ1v) is 6.09. The normalized spacial score (nSPS) is 8.88. The zero-order valence-corrected chi connectivity index (χ0v) is 13.6. The van der Waals surface area contributed by atoms with Crippen LogP contribution in [0.25, 0.3) is 0 Å². The molecule has 5 heteroatoms. The number of unbranched alkanes of at least 4 members (excludes halogenated alkanes) is 5. The van der Waals surface area contributed by atoms with E-state index in [9.17, 15) is 4.79 Å². The van der Waals surface area contributed by atoms with Gasteiger partial charge >= 0.3 is 35.5 Å². The molecule has 4 nitrogen and oxygen atoms in total. The zero-order valence-electron chi connectivity index (χ0n) is 12.6. The summed E-state index contributed by atoms with van der Waals surface area (Å²) in [5.74, 6) is -0.883. The third-order valence-electron chi connectivity index (χ3n) is 1.87. The Hall–Kier alpha value is 0.390. The molecule has 0 atom stereocenters. The standard InChI is InChI=1S/C10H20O3.C2H6O.Na.H/c1-2-3-4-5-6-7-8-13-9-10(11)12;1-2-3;;/h2-9H2,1H3,(H,11,12);3H,2H2,1H3;;/q;;+1;-1. The fraction of sp³-hybridized carbons (Fsp3) is 0.917. The molecule has 2 N–H and O–H groups in total. The Balaban J connectivity index is -0.000000177. The van der Waals surface area contributed by atoms with Gasteiger partial charge in [-0.25, -0.2) is 4.79 Å².